The second kappa shape index (κ2) is 12.9. The average Bonchev–Trinajstić information content (AvgIpc) is 2.69. The highest BCUT2D eigenvalue weighted by molar-refractivity contribution is 6.27. The number of nitrogens with zero attached hydrogens (tertiary/aromatic N) is 1. The Hall–Kier alpha value is -2.36. The van der Waals surface area contributed by atoms with Gasteiger partial charge in [0.25, 0.3) is 0 Å². The Morgan fingerprint density at radius 3 is 2.37 bits per heavy atom. The summed E-state index contributed by atoms with van der Waals surface area (Å²) in [5, 5.41) is 18.3. The van der Waals surface area contributed by atoms with E-state index >= 15 is 0 Å². The van der Waals surface area contributed by atoms with Crippen molar-refractivity contribution in [2.45, 2.75) is 13.0 Å². The van der Waals surface area contributed by atoms with E-state index in [-0.39, 0.29) is 0 Å². The largest absolute Gasteiger partial charge is 0.497 e. The molecule has 0 aromatic heterocycles. The van der Waals surface area contributed by atoms with Crippen LogP contribution in [-0.2, 0) is 20.9 Å². The summed E-state index contributed by atoms with van der Waals surface area (Å²) >= 11 is 0. The lowest BCUT2D eigenvalue weighted by molar-refractivity contribution is -0.159. The van der Waals surface area contributed by atoms with Crippen molar-refractivity contribution in [1.29, 1.82) is 0 Å². The number of carboxylic acids is 2. The number of morpholine rings is 1. The molecule has 0 radical (unpaired) electrons. The molecule has 0 amide bonds. The maximum atomic E-state index is 9.10. The Balaban J connectivity index is 0.000000527. The number of hydrogen-bond acceptors (Lipinski definition) is 7. The number of hydrogen-bond donors (Lipinski definition) is 3. The lowest BCUT2D eigenvalue weighted by atomic mass is 10.2. The third-order valence-corrected chi connectivity index (χ3v) is 3.92. The quantitative estimate of drug-likeness (QED) is 0.439. The van der Waals surface area contributed by atoms with Gasteiger partial charge in [-0.05, 0) is 25.6 Å². The Morgan fingerprint density at radius 1 is 1.15 bits per heavy atom. The van der Waals surface area contributed by atoms with Gasteiger partial charge in [0.05, 0.1) is 27.4 Å². The molecule has 0 spiro atoms. The highest BCUT2D eigenvalue weighted by atomic mass is 16.5. The monoisotopic (exact) mass is 384 g/mol. The molecular formula is C18H28N2O7. The van der Waals surface area contributed by atoms with E-state index < -0.39 is 11.9 Å². The van der Waals surface area contributed by atoms with Gasteiger partial charge in [0.2, 0.25) is 0 Å². The molecule has 3 N–H and O–H groups in total. The number of benzene rings is 1. The molecule has 27 heavy (non-hydrogen) atoms. The molecule has 0 unspecified atom stereocenters. The van der Waals surface area contributed by atoms with E-state index in [4.69, 9.17) is 34.0 Å². The first-order valence-corrected chi connectivity index (χ1v) is 8.65. The van der Waals surface area contributed by atoms with E-state index in [0.717, 1.165) is 69.4 Å². The predicted molar refractivity (Wildman–Crippen MR) is 98.4 cm³/mol. The fourth-order valence-corrected chi connectivity index (χ4v) is 2.47. The number of carbonyl (C=O) groups is 2. The minimum absolute atomic E-state index is 0.816. The summed E-state index contributed by atoms with van der Waals surface area (Å²) in [7, 11) is 3.36. The van der Waals surface area contributed by atoms with Gasteiger partial charge in [-0.15, -0.1) is 0 Å². The van der Waals surface area contributed by atoms with Crippen molar-refractivity contribution in [3.8, 4) is 11.5 Å². The normalized spacial score (nSPS) is 14.0. The molecule has 152 valence electrons. The van der Waals surface area contributed by atoms with E-state index in [0.29, 0.717) is 0 Å². The van der Waals surface area contributed by atoms with Gasteiger partial charge >= 0.3 is 11.9 Å². The minimum atomic E-state index is -1.82. The first kappa shape index (κ1) is 22.7. The maximum Gasteiger partial charge on any atom is 0.414 e. The number of aliphatic carboxylic acids is 2. The maximum absolute atomic E-state index is 9.10. The molecule has 9 heteroatoms. The van der Waals surface area contributed by atoms with Crippen molar-refractivity contribution in [3.63, 3.8) is 0 Å². The molecule has 0 aliphatic carbocycles. The first-order valence-electron chi connectivity index (χ1n) is 8.65. The summed E-state index contributed by atoms with van der Waals surface area (Å²) in [6, 6.07) is 5.94. The van der Waals surface area contributed by atoms with Crippen molar-refractivity contribution in [2.75, 3.05) is 53.6 Å². The van der Waals surface area contributed by atoms with Gasteiger partial charge in [-0.2, -0.15) is 0 Å². The van der Waals surface area contributed by atoms with Crippen molar-refractivity contribution in [1.82, 2.24) is 10.2 Å². The molecule has 0 bridgehead atoms. The van der Waals surface area contributed by atoms with E-state index in [1.54, 1.807) is 14.2 Å². The van der Waals surface area contributed by atoms with Crippen LogP contribution in [0.15, 0.2) is 18.2 Å². The molecule has 9 nitrogen and oxygen atoms in total. The van der Waals surface area contributed by atoms with Crippen molar-refractivity contribution in [3.05, 3.63) is 23.8 Å². The van der Waals surface area contributed by atoms with Crippen LogP contribution in [0.3, 0.4) is 0 Å². The second-order valence-electron chi connectivity index (χ2n) is 5.77. The number of ether oxygens (including phenoxy) is 3. The molecule has 1 heterocycles. The fraction of sp³-hybridized carbons (Fsp3) is 0.556. The lowest BCUT2D eigenvalue weighted by Gasteiger charge is -2.26. The molecule has 1 saturated heterocycles. The second-order valence-corrected chi connectivity index (χ2v) is 5.77. The van der Waals surface area contributed by atoms with E-state index in [9.17, 15) is 0 Å². The standard InChI is InChI=1S/C16H26N2O3.C2H2O4/c1-19-15-5-4-14(16(12-15)20-2)13-17-6-3-7-18-8-10-21-11-9-18;3-1(4)2(5)6/h4-5,12,17H,3,6-11,13H2,1-2H3;(H,3,4)(H,5,6). The van der Waals surface area contributed by atoms with Crippen LogP contribution in [0.5, 0.6) is 11.5 Å². The molecule has 1 aliphatic rings. The van der Waals surface area contributed by atoms with Crippen molar-refractivity contribution in [2.24, 2.45) is 0 Å². The summed E-state index contributed by atoms with van der Waals surface area (Å²) in [5.74, 6) is -1.96. The molecular weight excluding hydrogens is 356 g/mol. The van der Waals surface area contributed by atoms with Crippen molar-refractivity contribution >= 4 is 11.9 Å². The number of nitrogens with one attached hydrogen (secondary N) is 1. The zero-order valence-corrected chi connectivity index (χ0v) is 15.8. The molecule has 1 fully saturated rings. The molecule has 0 saturated carbocycles. The predicted octanol–water partition coefficient (Wildman–Crippen LogP) is 0.671. The first-order chi connectivity index (χ1) is 13.0. The lowest BCUT2D eigenvalue weighted by Crippen LogP contribution is -2.37. The highest BCUT2D eigenvalue weighted by Gasteiger charge is 2.09. The summed E-state index contributed by atoms with van der Waals surface area (Å²) < 4.78 is 16.0. The van der Waals surface area contributed by atoms with Crippen LogP contribution >= 0.6 is 0 Å². The van der Waals surface area contributed by atoms with Crippen LogP contribution in [0.2, 0.25) is 0 Å². The summed E-state index contributed by atoms with van der Waals surface area (Å²) in [5.41, 5.74) is 1.16. The Labute approximate surface area is 158 Å². The zero-order chi connectivity index (χ0) is 20.1. The zero-order valence-electron chi connectivity index (χ0n) is 15.8. The molecule has 2 rings (SSSR count). The number of carboxylic acid groups (broad SMARTS) is 2. The van der Waals surface area contributed by atoms with Crippen LogP contribution in [0, 0.1) is 0 Å². The van der Waals surface area contributed by atoms with E-state index in [2.05, 4.69) is 10.2 Å². The summed E-state index contributed by atoms with van der Waals surface area (Å²) in [4.78, 5) is 20.7. The summed E-state index contributed by atoms with van der Waals surface area (Å²) in [6.07, 6.45) is 1.15. The Bertz CT molecular complexity index is 577. The van der Waals surface area contributed by atoms with Crippen LogP contribution in [0.1, 0.15) is 12.0 Å². The molecule has 1 aromatic rings. The molecule has 0 atom stereocenters. The Morgan fingerprint density at radius 2 is 1.81 bits per heavy atom. The SMILES string of the molecule is COc1ccc(CNCCCN2CCOCC2)c(OC)c1.O=C(O)C(=O)O. The fourth-order valence-electron chi connectivity index (χ4n) is 2.47. The number of rotatable bonds is 8. The summed E-state index contributed by atoms with van der Waals surface area (Å²) in [6.45, 7) is 6.82. The third-order valence-electron chi connectivity index (χ3n) is 3.92. The van der Waals surface area contributed by atoms with E-state index in [1.807, 2.05) is 18.2 Å². The topological polar surface area (TPSA) is 118 Å². The van der Waals surface area contributed by atoms with Crippen LogP contribution < -0.4 is 14.8 Å². The van der Waals surface area contributed by atoms with Crippen LogP contribution in [0.4, 0.5) is 0 Å². The van der Waals surface area contributed by atoms with Gasteiger partial charge < -0.3 is 29.7 Å². The Kier molecular flexibility index (Phi) is 10.8. The van der Waals surface area contributed by atoms with Crippen LogP contribution in [-0.4, -0.2) is 80.7 Å². The average molecular weight is 384 g/mol. The van der Waals surface area contributed by atoms with Crippen LogP contribution in [0.25, 0.3) is 0 Å². The van der Waals surface area contributed by atoms with Gasteiger partial charge in [-0.25, -0.2) is 9.59 Å². The molecule has 1 aliphatic heterocycles. The van der Waals surface area contributed by atoms with E-state index in [1.165, 1.54) is 0 Å². The number of methoxy groups -OCH3 is 2. The van der Waals surface area contributed by atoms with Gasteiger partial charge in [-0.1, -0.05) is 6.07 Å². The minimum Gasteiger partial charge on any atom is -0.497 e. The third kappa shape index (κ3) is 9.23. The van der Waals surface area contributed by atoms with Crippen molar-refractivity contribution < 1.29 is 34.0 Å². The smallest absolute Gasteiger partial charge is 0.414 e. The van der Waals surface area contributed by atoms with Gasteiger partial charge in [0, 0.05) is 31.3 Å². The molecule has 1 aromatic carbocycles. The van der Waals surface area contributed by atoms with Gasteiger partial charge in [0.1, 0.15) is 11.5 Å². The highest BCUT2D eigenvalue weighted by Crippen LogP contribution is 2.24. The van der Waals surface area contributed by atoms with Gasteiger partial charge in [-0.3, -0.25) is 4.90 Å². The van der Waals surface area contributed by atoms with Gasteiger partial charge in [0.15, 0.2) is 0 Å².